The molecule has 0 saturated carbocycles. The largest absolute Gasteiger partial charge is 0.497 e. The summed E-state index contributed by atoms with van der Waals surface area (Å²) in [5, 5.41) is 30.1. The van der Waals surface area contributed by atoms with Crippen molar-refractivity contribution in [1.29, 1.82) is 0 Å². The Balaban J connectivity index is 0.000000325. The lowest BCUT2D eigenvalue weighted by molar-refractivity contribution is -0.192. The molecule has 1 heterocycles. The molecular weight excluding hydrogens is 1810 g/mol. The van der Waals surface area contributed by atoms with Gasteiger partial charge in [0, 0.05) is 44.9 Å². The number of halogens is 4. The Hall–Kier alpha value is -15.7. The Morgan fingerprint density at radius 1 is 0.399 bits per heavy atom. The van der Waals surface area contributed by atoms with Crippen LogP contribution in [-0.2, 0) is 101 Å². The standard InChI is InChI=1S/C33H40N4O7.C28H32N4O5.C19H24N4O5.C17H20N2O2.C2HF3O2.ClH/c1-33(2,3)44-32(40)37-31(36-29(38)20-24-14-17-27(42-5)28(19-24)43-6)35-26(18-22-10-8-7-9-11-22)30(39)34-21-23-12-15-25(41-4)16-13-23;1-35-22-12-9-20(10-13-22)18-30-27(34)23(15-19-7-5-4-6-8-19)31-28(29)32-26(33)17-21-11-14-24(36-2)25(16-21)37-3;1-19(2,3)28-18(25)22-17(23-10-6-9-20-23)21-16(24)12-13-7-8-14(26-4)15(11-13)27-5;1-21-15-9-7-14(8-10-15)12-19-17(20)16(18)11-13-5-3-2-4-6-13;3-2(4,5)1(6)7;/h7-17,19,26H,18,20-21H2,1-6H3,(H,34,39)(H2,35,36,37,38,40);4-14,16,23H,15,17-18H2,1-3H3,(H,30,34)(H3,29,31,32,33);6-11H,12H2,1-5H3,(H,21,22,24,25);2-10,16H,11-12,18H2,1H3,(H,19,20);(H,6,7);1H/t26-;23-;;16-;;/m11.1../s1. The van der Waals surface area contributed by atoms with E-state index in [9.17, 15) is 51.5 Å². The first-order chi connectivity index (χ1) is 65.2. The van der Waals surface area contributed by atoms with Crippen molar-refractivity contribution in [3.63, 3.8) is 0 Å². The van der Waals surface area contributed by atoms with Crippen molar-refractivity contribution in [3.05, 3.63) is 287 Å². The molecule has 0 spiro atoms. The molecule has 0 aliphatic rings. The van der Waals surface area contributed by atoms with Crippen molar-refractivity contribution >= 4 is 83.9 Å². The molecule has 39 heteroatoms. The average molecular weight is 1930 g/mol. The van der Waals surface area contributed by atoms with Gasteiger partial charge in [-0.2, -0.15) is 18.3 Å². The molecule has 0 radical (unpaired) electrons. The Bertz CT molecular complexity index is 5620. The van der Waals surface area contributed by atoms with E-state index in [1.165, 1.54) is 46.4 Å². The predicted octanol–water partition coefficient (Wildman–Crippen LogP) is 12.1. The van der Waals surface area contributed by atoms with Gasteiger partial charge in [-0.05, 0) is 177 Å². The van der Waals surface area contributed by atoms with E-state index >= 15 is 0 Å². The van der Waals surface area contributed by atoms with Gasteiger partial charge >= 0.3 is 24.3 Å². The Morgan fingerprint density at radius 2 is 0.732 bits per heavy atom. The first-order valence-corrected chi connectivity index (χ1v) is 42.4. The molecule has 9 aromatic carbocycles. The van der Waals surface area contributed by atoms with Gasteiger partial charge in [0.05, 0.1) is 89.3 Å². The molecule has 1 aromatic heterocycles. The molecule has 8 amide bonds. The number of guanidine groups is 2. The van der Waals surface area contributed by atoms with Crippen LogP contribution in [0.15, 0.2) is 252 Å². The number of amides is 8. The molecule has 12 N–H and O–H groups in total. The molecule has 0 bridgehead atoms. The van der Waals surface area contributed by atoms with Gasteiger partial charge in [0.1, 0.15) is 40.5 Å². The second-order valence-corrected chi connectivity index (χ2v) is 31.4. The van der Waals surface area contributed by atoms with Crippen LogP contribution >= 0.6 is 12.4 Å². The minimum Gasteiger partial charge on any atom is -0.497 e. The molecule has 3 atom stereocenters. The van der Waals surface area contributed by atoms with Crippen LogP contribution in [0.1, 0.15) is 91.6 Å². The zero-order valence-corrected chi connectivity index (χ0v) is 80.0. The summed E-state index contributed by atoms with van der Waals surface area (Å²) in [5.41, 5.74) is 18.1. The van der Waals surface area contributed by atoms with Crippen molar-refractivity contribution in [3.8, 4) is 51.7 Å². The summed E-state index contributed by atoms with van der Waals surface area (Å²) in [7, 11) is 14.0. The number of alkyl carbamates (subject to hydrolysis) is 1. The first-order valence-electron chi connectivity index (χ1n) is 42.4. The minimum absolute atomic E-state index is 0. The van der Waals surface area contributed by atoms with Gasteiger partial charge in [-0.3, -0.25) is 50.0 Å². The number of nitrogens with one attached hydrogen (secondary N) is 7. The van der Waals surface area contributed by atoms with Gasteiger partial charge in [0.2, 0.25) is 47.4 Å². The third kappa shape index (κ3) is 42.2. The molecule has 738 valence electrons. The summed E-state index contributed by atoms with van der Waals surface area (Å²) in [5.74, 6) is 0.144. The van der Waals surface area contributed by atoms with E-state index < -0.39 is 65.5 Å². The van der Waals surface area contributed by atoms with Crippen LogP contribution in [0.4, 0.5) is 22.8 Å². The summed E-state index contributed by atoms with van der Waals surface area (Å²) in [4.78, 5) is 123. The van der Waals surface area contributed by atoms with Crippen LogP contribution in [0.3, 0.4) is 0 Å². The fraction of sp³-hybridized carbons (Fsp3) is 0.303. The van der Waals surface area contributed by atoms with Gasteiger partial charge in [0.25, 0.3) is 0 Å². The smallest absolute Gasteiger partial charge is 0.490 e. The van der Waals surface area contributed by atoms with Gasteiger partial charge in [-0.25, -0.2) is 29.1 Å². The SMILES string of the molecule is COc1ccc(CC(=O)NC(=NC(=O)OC(C)(C)C)n2cccn2)cc1OC.COc1ccc(CNC(=O)[C@@H](Cc2ccccc2)N=C(N)NC(=O)Cc2ccc(OC)c(OC)c2)cc1.COc1ccc(CNC(=O)[C@@H](Cc2ccccc2)N=C(NC(=O)Cc2ccc(OC)c(OC)c2)NC(=O)OC(C)(C)C)cc1.COc1ccc(CNC(=O)[C@H](N)Cc2ccccc2)cc1.Cl.O=C(O)C(F)(F)F. The molecule has 35 nitrogen and oxygen atoms in total. The number of carbonyl (C=O) groups is 9. The van der Waals surface area contributed by atoms with Crippen LogP contribution < -0.4 is 91.3 Å². The maximum absolute atomic E-state index is 13.5. The molecule has 0 fully saturated rings. The summed E-state index contributed by atoms with van der Waals surface area (Å²) in [6, 6.07) is 65.6. The third-order valence-corrected chi connectivity index (χ3v) is 18.6. The minimum atomic E-state index is -5.08. The number of carbonyl (C=O) groups excluding carboxylic acids is 8. The summed E-state index contributed by atoms with van der Waals surface area (Å²) >= 11 is 0. The number of nitrogens with zero attached hydrogens (tertiary/aromatic N) is 5. The number of methoxy groups -OCH3 is 9. The van der Waals surface area contributed by atoms with E-state index in [0.29, 0.717) is 82.9 Å². The first kappa shape index (κ1) is 113. The van der Waals surface area contributed by atoms with Crippen LogP contribution in [0.2, 0.25) is 0 Å². The fourth-order valence-electron chi connectivity index (χ4n) is 12.0. The Morgan fingerprint density at radius 3 is 1.07 bits per heavy atom. The number of carboxylic acids is 1. The van der Waals surface area contributed by atoms with Crippen molar-refractivity contribution in [1.82, 2.24) is 47.0 Å². The summed E-state index contributed by atoms with van der Waals surface area (Å²) < 4.78 is 90.6. The third-order valence-electron chi connectivity index (χ3n) is 18.6. The van der Waals surface area contributed by atoms with Crippen LogP contribution in [0.5, 0.6) is 51.7 Å². The van der Waals surface area contributed by atoms with E-state index in [-0.39, 0.29) is 86.1 Å². The molecule has 0 unspecified atom stereocenters. The molecule has 0 saturated heterocycles. The number of carboxylic acid groups (broad SMARTS) is 1. The monoisotopic (exact) mass is 1930 g/mol. The number of benzene rings is 9. The second kappa shape index (κ2) is 57.8. The number of hydrogen-bond donors (Lipinski definition) is 10. The molecule has 10 rings (SSSR count). The Labute approximate surface area is 804 Å². The summed E-state index contributed by atoms with van der Waals surface area (Å²) in [6.45, 7) is 11.3. The van der Waals surface area contributed by atoms with Crippen molar-refractivity contribution in [2.75, 3.05) is 64.0 Å². The van der Waals surface area contributed by atoms with Crippen LogP contribution in [-0.4, -0.2) is 186 Å². The average Bonchev–Trinajstić information content (AvgIpc) is 1.72. The highest BCUT2D eigenvalue weighted by molar-refractivity contribution is 6.05. The predicted molar refractivity (Wildman–Crippen MR) is 515 cm³/mol. The van der Waals surface area contributed by atoms with Crippen LogP contribution in [0.25, 0.3) is 0 Å². The molecule has 0 aliphatic heterocycles. The van der Waals surface area contributed by atoms with Crippen molar-refractivity contribution in [2.45, 2.75) is 135 Å². The van der Waals surface area contributed by atoms with Crippen molar-refractivity contribution in [2.24, 2.45) is 26.4 Å². The van der Waals surface area contributed by atoms with E-state index in [4.69, 9.17) is 73.5 Å². The van der Waals surface area contributed by atoms with Gasteiger partial charge in [-0.1, -0.05) is 146 Å². The topological polar surface area (TPSA) is 467 Å². The molecule has 0 aliphatic carbocycles. The number of aliphatic imine (C=N–C) groups is 3. The Kier molecular flexibility index (Phi) is 47.2. The highest BCUT2D eigenvalue weighted by atomic mass is 35.5. The number of aliphatic carboxylic acids is 1. The zero-order chi connectivity index (χ0) is 101. The van der Waals surface area contributed by atoms with Crippen LogP contribution in [0, 0.1) is 0 Å². The number of nitrogens with two attached hydrogens (primary N) is 2. The molecule has 138 heavy (non-hydrogen) atoms. The lowest BCUT2D eigenvalue weighted by Gasteiger charge is -2.21. The molecular formula is C99H118ClF3N14O21. The van der Waals surface area contributed by atoms with E-state index in [2.05, 4.69) is 57.3 Å². The maximum atomic E-state index is 13.5. The zero-order valence-electron chi connectivity index (χ0n) is 79.2. The highest BCUT2D eigenvalue weighted by Gasteiger charge is 2.38. The quantitative estimate of drug-likeness (QED) is 0.0138. The van der Waals surface area contributed by atoms with E-state index in [1.807, 2.05) is 152 Å². The lowest BCUT2D eigenvalue weighted by atomic mass is 10.1. The number of alkyl halides is 3. The van der Waals surface area contributed by atoms with Gasteiger partial charge in [-0.15, -0.1) is 17.4 Å². The number of rotatable bonds is 32. The number of hydrogen-bond acceptors (Lipinski definition) is 24. The highest BCUT2D eigenvalue weighted by Crippen LogP contribution is 2.31. The number of aromatic nitrogens is 2. The van der Waals surface area contributed by atoms with Gasteiger partial charge < -0.3 is 84.6 Å². The van der Waals surface area contributed by atoms with Crippen molar-refractivity contribution < 1.29 is 114 Å². The lowest BCUT2D eigenvalue weighted by Crippen LogP contribution is -2.48. The molecule has 10 aromatic rings. The van der Waals surface area contributed by atoms with E-state index in [0.717, 1.165) is 44.9 Å². The number of ether oxygens (including phenoxy) is 11. The summed E-state index contributed by atoms with van der Waals surface area (Å²) in [6.07, 6.45) is -2.60. The second-order valence-electron chi connectivity index (χ2n) is 31.4. The normalized spacial score (nSPS) is 11.7. The van der Waals surface area contributed by atoms with E-state index in [1.54, 1.807) is 149 Å². The fourth-order valence-corrected chi connectivity index (χ4v) is 12.0. The maximum Gasteiger partial charge on any atom is 0.490 e. The van der Waals surface area contributed by atoms with Gasteiger partial charge in [0.15, 0.2) is 40.5 Å².